The summed E-state index contributed by atoms with van der Waals surface area (Å²) in [5.74, 6) is -2.00. The van der Waals surface area contributed by atoms with Crippen LogP contribution in [0.1, 0.15) is 6.42 Å². The predicted octanol–water partition coefficient (Wildman–Crippen LogP) is 0.928. The molecule has 0 spiro atoms. The van der Waals surface area contributed by atoms with E-state index >= 15 is 0 Å². The van der Waals surface area contributed by atoms with Gasteiger partial charge in [-0.1, -0.05) is 6.07 Å². The molecule has 2 rings (SSSR count). The third-order valence-electron chi connectivity index (χ3n) is 3.27. The molecule has 5 nitrogen and oxygen atoms in total. The first-order valence-electron chi connectivity index (χ1n) is 6.52. The topological polar surface area (TPSA) is 75.3 Å². The average molecular weight is 318 g/mol. The molecular weight excluding hydrogens is 302 g/mol. The molecule has 0 bridgehead atoms. The lowest BCUT2D eigenvalue weighted by Gasteiger charge is -2.10. The lowest BCUT2D eigenvalue weighted by molar-refractivity contribution is -0.115. The molecule has 1 heterocycles. The van der Waals surface area contributed by atoms with Crippen LogP contribution in [0.2, 0.25) is 0 Å². The Hall–Kier alpha value is -1.54. The molecule has 2 N–H and O–H groups in total. The number of para-hydroxylation sites is 1. The van der Waals surface area contributed by atoms with Crippen LogP contribution in [-0.2, 0) is 14.6 Å². The van der Waals surface area contributed by atoms with E-state index in [1.165, 1.54) is 6.07 Å². The second-order valence-electron chi connectivity index (χ2n) is 5.04. The summed E-state index contributed by atoms with van der Waals surface area (Å²) in [7, 11) is -2.95. The number of amides is 1. The molecule has 1 aromatic carbocycles. The SMILES string of the molecule is O=C(CNCC1CCS(=O)(=O)C1)Nc1c(F)cccc1F. The molecular formula is C13H16F2N2O3S. The Labute approximate surface area is 121 Å². The van der Waals surface area contributed by atoms with Gasteiger partial charge >= 0.3 is 0 Å². The standard InChI is InChI=1S/C13H16F2N2O3S/c14-10-2-1-3-11(15)13(10)17-12(18)7-16-6-9-4-5-21(19,20)8-9/h1-3,9,16H,4-8H2,(H,17,18). The molecule has 116 valence electrons. The summed E-state index contributed by atoms with van der Waals surface area (Å²) in [4.78, 5) is 11.6. The molecule has 1 aliphatic heterocycles. The van der Waals surface area contributed by atoms with Gasteiger partial charge in [-0.05, 0) is 31.0 Å². The fourth-order valence-electron chi connectivity index (χ4n) is 2.22. The van der Waals surface area contributed by atoms with Gasteiger partial charge < -0.3 is 10.6 Å². The van der Waals surface area contributed by atoms with Crippen molar-refractivity contribution in [2.24, 2.45) is 5.92 Å². The van der Waals surface area contributed by atoms with Gasteiger partial charge in [-0.25, -0.2) is 17.2 Å². The van der Waals surface area contributed by atoms with Gasteiger partial charge in [-0.3, -0.25) is 4.79 Å². The summed E-state index contributed by atoms with van der Waals surface area (Å²) in [6.07, 6.45) is 0.568. The molecule has 0 radical (unpaired) electrons. The van der Waals surface area contributed by atoms with Gasteiger partial charge in [0.05, 0.1) is 18.1 Å². The van der Waals surface area contributed by atoms with E-state index in [4.69, 9.17) is 0 Å². The van der Waals surface area contributed by atoms with Gasteiger partial charge in [-0.15, -0.1) is 0 Å². The van der Waals surface area contributed by atoms with Gasteiger partial charge in [0.1, 0.15) is 17.3 Å². The van der Waals surface area contributed by atoms with E-state index < -0.39 is 33.1 Å². The van der Waals surface area contributed by atoms with Crippen molar-refractivity contribution >= 4 is 21.4 Å². The quantitative estimate of drug-likeness (QED) is 0.847. The van der Waals surface area contributed by atoms with Gasteiger partial charge in [-0.2, -0.15) is 0 Å². The second-order valence-corrected chi connectivity index (χ2v) is 7.27. The summed E-state index contributed by atoms with van der Waals surface area (Å²) < 4.78 is 49.2. The fourth-order valence-corrected chi connectivity index (χ4v) is 4.09. The molecule has 0 saturated carbocycles. The molecule has 21 heavy (non-hydrogen) atoms. The predicted molar refractivity (Wildman–Crippen MR) is 74.6 cm³/mol. The van der Waals surface area contributed by atoms with Gasteiger partial charge in [0, 0.05) is 0 Å². The van der Waals surface area contributed by atoms with Crippen LogP contribution >= 0.6 is 0 Å². The number of rotatable bonds is 5. The van der Waals surface area contributed by atoms with Crippen LogP contribution in [0.4, 0.5) is 14.5 Å². The minimum atomic E-state index is -2.95. The number of hydrogen-bond acceptors (Lipinski definition) is 4. The maximum Gasteiger partial charge on any atom is 0.238 e. The first-order valence-corrected chi connectivity index (χ1v) is 8.34. The van der Waals surface area contributed by atoms with Crippen molar-refractivity contribution in [3.63, 3.8) is 0 Å². The molecule has 0 aliphatic carbocycles. The molecule has 1 atom stereocenters. The monoisotopic (exact) mass is 318 g/mol. The van der Waals surface area contributed by atoms with E-state index in [0.29, 0.717) is 13.0 Å². The van der Waals surface area contributed by atoms with Crippen molar-refractivity contribution < 1.29 is 22.0 Å². The number of benzene rings is 1. The van der Waals surface area contributed by atoms with E-state index in [1.54, 1.807) is 0 Å². The fraction of sp³-hybridized carbons (Fsp3) is 0.462. The molecule has 1 aromatic rings. The van der Waals surface area contributed by atoms with E-state index in [9.17, 15) is 22.0 Å². The van der Waals surface area contributed by atoms with Crippen LogP contribution in [0, 0.1) is 17.6 Å². The highest BCUT2D eigenvalue weighted by Crippen LogP contribution is 2.18. The van der Waals surface area contributed by atoms with Crippen molar-refractivity contribution in [2.45, 2.75) is 6.42 Å². The third kappa shape index (κ3) is 4.47. The van der Waals surface area contributed by atoms with Gasteiger partial charge in [0.2, 0.25) is 5.91 Å². The van der Waals surface area contributed by atoms with Crippen molar-refractivity contribution in [1.82, 2.24) is 5.32 Å². The number of carbonyl (C=O) groups excluding carboxylic acids is 1. The summed E-state index contributed by atoms with van der Waals surface area (Å²) in [6.45, 7) is 0.247. The summed E-state index contributed by atoms with van der Waals surface area (Å²) >= 11 is 0. The number of anilines is 1. The van der Waals surface area contributed by atoms with Crippen LogP contribution in [0.3, 0.4) is 0 Å². The average Bonchev–Trinajstić information content (AvgIpc) is 2.74. The Morgan fingerprint density at radius 3 is 2.52 bits per heavy atom. The van der Waals surface area contributed by atoms with Crippen molar-refractivity contribution in [3.05, 3.63) is 29.8 Å². The molecule has 1 saturated heterocycles. The molecule has 1 amide bonds. The molecule has 0 aromatic heterocycles. The molecule has 1 aliphatic rings. The number of hydrogen-bond donors (Lipinski definition) is 2. The third-order valence-corrected chi connectivity index (χ3v) is 5.11. The normalized spacial score (nSPS) is 20.4. The Kier molecular flexibility index (Phi) is 4.89. The largest absolute Gasteiger partial charge is 0.320 e. The number of nitrogens with one attached hydrogen (secondary N) is 2. The van der Waals surface area contributed by atoms with Crippen molar-refractivity contribution in [2.75, 3.05) is 29.9 Å². The van der Waals surface area contributed by atoms with Gasteiger partial charge in [0.15, 0.2) is 9.84 Å². The Balaban J connectivity index is 1.78. The zero-order valence-electron chi connectivity index (χ0n) is 11.2. The van der Waals surface area contributed by atoms with Crippen LogP contribution in [-0.4, -0.2) is 38.9 Å². The lowest BCUT2D eigenvalue weighted by Crippen LogP contribution is -2.32. The number of halogens is 2. The number of carbonyl (C=O) groups is 1. The molecule has 8 heteroatoms. The Morgan fingerprint density at radius 1 is 1.29 bits per heavy atom. The number of sulfone groups is 1. The summed E-state index contributed by atoms with van der Waals surface area (Å²) in [5.41, 5.74) is -0.479. The lowest BCUT2D eigenvalue weighted by atomic mass is 10.1. The van der Waals surface area contributed by atoms with Crippen LogP contribution < -0.4 is 10.6 Å². The second kappa shape index (κ2) is 6.48. The Morgan fingerprint density at radius 2 is 1.95 bits per heavy atom. The van der Waals surface area contributed by atoms with E-state index in [2.05, 4.69) is 10.6 Å². The van der Waals surface area contributed by atoms with Crippen molar-refractivity contribution in [1.29, 1.82) is 0 Å². The summed E-state index contributed by atoms with van der Waals surface area (Å²) in [6, 6.07) is 3.31. The maximum atomic E-state index is 13.3. The first kappa shape index (κ1) is 15.8. The summed E-state index contributed by atoms with van der Waals surface area (Å²) in [5, 5.41) is 4.95. The maximum absolute atomic E-state index is 13.3. The van der Waals surface area contributed by atoms with Crippen LogP contribution in [0.25, 0.3) is 0 Å². The smallest absolute Gasteiger partial charge is 0.238 e. The zero-order valence-corrected chi connectivity index (χ0v) is 12.1. The highest BCUT2D eigenvalue weighted by Gasteiger charge is 2.27. The Bertz CT molecular complexity index is 614. The molecule has 1 unspecified atom stereocenters. The minimum absolute atomic E-state index is 0.0204. The van der Waals surface area contributed by atoms with Gasteiger partial charge in [0.25, 0.3) is 0 Å². The van der Waals surface area contributed by atoms with E-state index in [0.717, 1.165) is 12.1 Å². The minimum Gasteiger partial charge on any atom is -0.320 e. The van der Waals surface area contributed by atoms with Crippen LogP contribution in [0.15, 0.2) is 18.2 Å². The zero-order chi connectivity index (χ0) is 15.5. The molecule has 1 fully saturated rings. The highest BCUT2D eigenvalue weighted by atomic mass is 32.2. The van der Waals surface area contributed by atoms with Crippen LogP contribution in [0.5, 0.6) is 0 Å². The van der Waals surface area contributed by atoms with Crippen molar-refractivity contribution in [3.8, 4) is 0 Å². The van der Waals surface area contributed by atoms with E-state index in [1.807, 2.05) is 0 Å². The highest BCUT2D eigenvalue weighted by molar-refractivity contribution is 7.91. The first-order chi connectivity index (χ1) is 9.87. The van der Waals surface area contributed by atoms with E-state index in [-0.39, 0.29) is 24.0 Å².